The summed E-state index contributed by atoms with van der Waals surface area (Å²) in [7, 11) is 0. The van der Waals surface area contributed by atoms with E-state index < -0.39 is 0 Å². The first-order valence-corrected chi connectivity index (χ1v) is 8.49. The van der Waals surface area contributed by atoms with Crippen molar-refractivity contribution < 1.29 is 9.66 Å². The molecular formula is C17H29N3O3. The third kappa shape index (κ3) is 6.86. The van der Waals surface area contributed by atoms with Gasteiger partial charge in [-0.15, -0.1) is 0 Å². The summed E-state index contributed by atoms with van der Waals surface area (Å²) >= 11 is 0. The van der Waals surface area contributed by atoms with Gasteiger partial charge in [-0.05, 0) is 38.1 Å². The molecular weight excluding hydrogens is 294 g/mol. The van der Waals surface area contributed by atoms with Crippen molar-refractivity contribution in [2.24, 2.45) is 0 Å². The van der Waals surface area contributed by atoms with E-state index in [2.05, 4.69) is 31.0 Å². The van der Waals surface area contributed by atoms with Crippen molar-refractivity contribution >= 4 is 11.4 Å². The monoisotopic (exact) mass is 323 g/mol. The van der Waals surface area contributed by atoms with Crippen LogP contribution in [0.1, 0.15) is 40.0 Å². The van der Waals surface area contributed by atoms with Gasteiger partial charge in [-0.2, -0.15) is 0 Å². The molecule has 0 aliphatic rings. The fraction of sp³-hybridized carbons (Fsp3) is 0.647. The molecule has 0 radical (unpaired) electrons. The van der Waals surface area contributed by atoms with Crippen molar-refractivity contribution in [2.45, 2.75) is 40.0 Å². The molecule has 0 spiro atoms. The SMILES string of the molecule is CCCCNc1ccc(OCCCN(CC)CC)cc1[N+](=O)[O-]. The maximum absolute atomic E-state index is 11.2. The quantitative estimate of drug-likeness (QED) is 0.359. The second kappa shape index (κ2) is 10.8. The maximum atomic E-state index is 11.2. The first kappa shape index (κ1) is 19.2. The minimum atomic E-state index is -0.364. The van der Waals surface area contributed by atoms with Gasteiger partial charge in [-0.1, -0.05) is 27.2 Å². The van der Waals surface area contributed by atoms with Gasteiger partial charge in [-0.25, -0.2) is 0 Å². The van der Waals surface area contributed by atoms with E-state index in [1.807, 2.05) is 0 Å². The molecule has 0 aromatic heterocycles. The summed E-state index contributed by atoms with van der Waals surface area (Å²) < 4.78 is 5.66. The van der Waals surface area contributed by atoms with E-state index in [1.165, 1.54) is 6.07 Å². The van der Waals surface area contributed by atoms with E-state index in [9.17, 15) is 10.1 Å². The van der Waals surface area contributed by atoms with E-state index >= 15 is 0 Å². The molecule has 23 heavy (non-hydrogen) atoms. The van der Waals surface area contributed by atoms with Gasteiger partial charge in [0.25, 0.3) is 5.69 Å². The zero-order valence-electron chi connectivity index (χ0n) is 14.5. The summed E-state index contributed by atoms with van der Waals surface area (Å²) in [5.41, 5.74) is 0.626. The van der Waals surface area contributed by atoms with Crippen LogP contribution in [0.4, 0.5) is 11.4 Å². The number of hydrogen-bond donors (Lipinski definition) is 1. The van der Waals surface area contributed by atoms with Crippen molar-refractivity contribution in [3.05, 3.63) is 28.3 Å². The van der Waals surface area contributed by atoms with Gasteiger partial charge in [0.1, 0.15) is 11.4 Å². The Kier molecular flexibility index (Phi) is 9.05. The Bertz CT molecular complexity index is 476. The van der Waals surface area contributed by atoms with Crippen molar-refractivity contribution in [2.75, 3.05) is 38.1 Å². The minimum Gasteiger partial charge on any atom is -0.493 e. The molecule has 1 N–H and O–H groups in total. The molecule has 1 rings (SSSR count). The van der Waals surface area contributed by atoms with Crippen molar-refractivity contribution in [1.82, 2.24) is 4.90 Å². The van der Waals surface area contributed by atoms with Gasteiger partial charge in [0.05, 0.1) is 17.6 Å². The standard InChI is InChI=1S/C17H29N3O3/c1-4-7-11-18-16-10-9-15(14-17(16)20(21)22)23-13-8-12-19(5-2)6-3/h9-10,14,18H,4-8,11-13H2,1-3H3. The highest BCUT2D eigenvalue weighted by molar-refractivity contribution is 5.63. The van der Waals surface area contributed by atoms with Crippen LogP contribution in [0, 0.1) is 10.1 Å². The van der Waals surface area contributed by atoms with Gasteiger partial charge >= 0.3 is 0 Å². The Morgan fingerprint density at radius 3 is 2.57 bits per heavy atom. The predicted octanol–water partition coefficient (Wildman–Crippen LogP) is 3.92. The molecule has 0 heterocycles. The van der Waals surface area contributed by atoms with Crippen molar-refractivity contribution in [3.63, 3.8) is 0 Å². The Hall–Kier alpha value is -1.82. The lowest BCUT2D eigenvalue weighted by molar-refractivity contribution is -0.384. The van der Waals surface area contributed by atoms with Gasteiger partial charge in [-0.3, -0.25) is 10.1 Å². The Morgan fingerprint density at radius 2 is 1.96 bits per heavy atom. The van der Waals surface area contributed by atoms with Crippen LogP contribution in [0.3, 0.4) is 0 Å². The van der Waals surface area contributed by atoms with Crippen LogP contribution < -0.4 is 10.1 Å². The number of hydrogen-bond acceptors (Lipinski definition) is 5. The summed E-state index contributed by atoms with van der Waals surface area (Å²) in [6, 6.07) is 5.03. The van der Waals surface area contributed by atoms with Crippen LogP contribution in [0.25, 0.3) is 0 Å². The number of nitrogens with one attached hydrogen (secondary N) is 1. The van der Waals surface area contributed by atoms with Crippen LogP contribution in [-0.2, 0) is 0 Å². The molecule has 1 aromatic rings. The number of anilines is 1. The minimum absolute atomic E-state index is 0.0716. The van der Waals surface area contributed by atoms with Crippen molar-refractivity contribution in [3.8, 4) is 5.75 Å². The number of nitrogens with zero attached hydrogens (tertiary/aromatic N) is 2. The molecule has 0 aliphatic carbocycles. The zero-order chi connectivity index (χ0) is 17.1. The van der Waals surface area contributed by atoms with E-state index in [0.717, 1.165) is 45.4 Å². The van der Waals surface area contributed by atoms with E-state index in [-0.39, 0.29) is 10.6 Å². The molecule has 0 saturated carbocycles. The number of nitro benzene ring substituents is 1. The fourth-order valence-corrected chi connectivity index (χ4v) is 2.32. The summed E-state index contributed by atoms with van der Waals surface area (Å²) in [5, 5.41) is 14.3. The number of nitro groups is 1. The normalized spacial score (nSPS) is 10.8. The average Bonchev–Trinajstić information content (AvgIpc) is 2.56. The lowest BCUT2D eigenvalue weighted by atomic mass is 10.2. The van der Waals surface area contributed by atoms with Gasteiger partial charge in [0, 0.05) is 13.1 Å². The van der Waals surface area contributed by atoms with Crippen LogP contribution in [-0.4, -0.2) is 42.6 Å². The number of ether oxygens (including phenoxy) is 1. The summed E-state index contributed by atoms with van der Waals surface area (Å²) in [5.74, 6) is 0.553. The first-order valence-electron chi connectivity index (χ1n) is 8.49. The molecule has 6 heteroatoms. The van der Waals surface area contributed by atoms with Crippen LogP contribution in [0.2, 0.25) is 0 Å². The third-order valence-electron chi connectivity index (χ3n) is 3.79. The summed E-state index contributed by atoms with van der Waals surface area (Å²) in [6.07, 6.45) is 2.95. The highest BCUT2D eigenvalue weighted by atomic mass is 16.6. The molecule has 130 valence electrons. The molecule has 0 aliphatic heterocycles. The molecule has 0 amide bonds. The zero-order valence-corrected chi connectivity index (χ0v) is 14.5. The summed E-state index contributed by atoms with van der Waals surface area (Å²) in [6.45, 7) is 10.7. The van der Waals surface area contributed by atoms with Gasteiger partial charge in [0.15, 0.2) is 0 Å². The molecule has 0 fully saturated rings. The van der Waals surface area contributed by atoms with E-state index in [4.69, 9.17) is 4.74 Å². The number of unbranched alkanes of at least 4 members (excludes halogenated alkanes) is 1. The average molecular weight is 323 g/mol. The molecule has 0 saturated heterocycles. The lowest BCUT2D eigenvalue weighted by Gasteiger charge is -2.17. The van der Waals surface area contributed by atoms with Gasteiger partial charge in [0.2, 0.25) is 0 Å². The Labute approximate surface area is 139 Å². The van der Waals surface area contributed by atoms with E-state index in [0.29, 0.717) is 18.0 Å². The Morgan fingerprint density at radius 1 is 1.22 bits per heavy atom. The molecule has 0 unspecified atom stereocenters. The third-order valence-corrected chi connectivity index (χ3v) is 3.79. The molecule has 0 bridgehead atoms. The summed E-state index contributed by atoms with van der Waals surface area (Å²) in [4.78, 5) is 13.2. The van der Waals surface area contributed by atoms with Crippen LogP contribution in [0.5, 0.6) is 5.75 Å². The molecule has 6 nitrogen and oxygen atoms in total. The fourth-order valence-electron chi connectivity index (χ4n) is 2.32. The second-order valence-corrected chi connectivity index (χ2v) is 5.45. The maximum Gasteiger partial charge on any atom is 0.296 e. The highest BCUT2D eigenvalue weighted by Gasteiger charge is 2.14. The van der Waals surface area contributed by atoms with Gasteiger partial charge < -0.3 is 15.0 Å². The number of benzene rings is 1. The van der Waals surface area contributed by atoms with E-state index in [1.54, 1.807) is 12.1 Å². The molecule has 1 aromatic carbocycles. The van der Waals surface area contributed by atoms with Crippen LogP contribution in [0.15, 0.2) is 18.2 Å². The Balaban J connectivity index is 2.56. The smallest absolute Gasteiger partial charge is 0.296 e. The largest absolute Gasteiger partial charge is 0.493 e. The topological polar surface area (TPSA) is 67.6 Å². The predicted molar refractivity (Wildman–Crippen MR) is 94.4 cm³/mol. The van der Waals surface area contributed by atoms with Crippen LogP contribution >= 0.6 is 0 Å². The first-order chi connectivity index (χ1) is 11.1. The lowest BCUT2D eigenvalue weighted by Crippen LogP contribution is -2.25. The molecule has 0 atom stereocenters. The highest BCUT2D eigenvalue weighted by Crippen LogP contribution is 2.29. The number of rotatable bonds is 12. The van der Waals surface area contributed by atoms with Crippen molar-refractivity contribution in [1.29, 1.82) is 0 Å². The second-order valence-electron chi connectivity index (χ2n) is 5.45.